The Hall–Kier alpha value is -5.39. The van der Waals surface area contributed by atoms with Gasteiger partial charge in [0.1, 0.15) is 12.3 Å². The fourth-order valence-electron chi connectivity index (χ4n) is 7.11. The summed E-state index contributed by atoms with van der Waals surface area (Å²) in [6, 6.07) is 37.6. The van der Waals surface area contributed by atoms with Crippen molar-refractivity contribution >= 4 is 50.5 Å². The summed E-state index contributed by atoms with van der Waals surface area (Å²) in [7, 11) is -4.30. The normalized spacial score (nSPS) is 14.5. The zero-order valence-electron chi connectivity index (χ0n) is 33.1. The zero-order valence-corrected chi connectivity index (χ0v) is 34.7. The maximum absolute atomic E-state index is 11.8. The monoisotopic (exact) mass is 800 g/mol. The fraction of sp³-hybridized carbons (Fsp3) is 0.213. The Morgan fingerprint density at radius 1 is 0.825 bits per heavy atom. The second-order valence-electron chi connectivity index (χ2n) is 13.9. The Morgan fingerprint density at radius 3 is 2.16 bits per heavy atom. The van der Waals surface area contributed by atoms with Crippen LogP contribution in [0.25, 0.3) is 5.57 Å². The van der Waals surface area contributed by atoms with Crippen LogP contribution in [0.5, 0.6) is 5.75 Å². The van der Waals surface area contributed by atoms with Crippen LogP contribution in [-0.4, -0.2) is 47.5 Å². The highest BCUT2D eigenvalue weighted by Crippen LogP contribution is 2.37. The molecule has 0 spiro atoms. The Labute approximate surface area is 341 Å². The molecule has 8 nitrogen and oxygen atoms in total. The molecule has 0 radical (unpaired) electrons. The van der Waals surface area contributed by atoms with Gasteiger partial charge in [-0.2, -0.15) is 8.42 Å². The van der Waals surface area contributed by atoms with Crippen molar-refractivity contribution < 1.29 is 26.8 Å². The molecule has 3 N–H and O–H groups in total. The molecule has 0 heterocycles. The number of nitrogens with zero attached hydrogens (tertiary/aromatic N) is 2. The summed E-state index contributed by atoms with van der Waals surface area (Å²) in [5.74, 6) is 0.839. The Balaban J connectivity index is 1.38. The quantitative estimate of drug-likeness (QED) is 0.0547. The number of rotatable bonds is 15. The minimum Gasteiger partial charge on any atom is -0.494 e. The maximum atomic E-state index is 11.8. The number of hydrogen-bond acceptors (Lipinski definition) is 7. The summed E-state index contributed by atoms with van der Waals surface area (Å²) >= 11 is 0.765. The Morgan fingerprint density at radius 2 is 1.53 bits per heavy atom. The van der Waals surface area contributed by atoms with Crippen molar-refractivity contribution in [2.24, 2.45) is 0 Å². The van der Waals surface area contributed by atoms with Gasteiger partial charge >= 0.3 is 0 Å². The Bertz CT molecular complexity index is 2450. The van der Waals surface area contributed by atoms with Gasteiger partial charge in [0.15, 0.2) is 12.3 Å². The molecule has 1 aliphatic carbocycles. The molecule has 1 aliphatic rings. The van der Waals surface area contributed by atoms with E-state index in [0.717, 1.165) is 103 Å². The van der Waals surface area contributed by atoms with Crippen molar-refractivity contribution in [3.63, 3.8) is 0 Å². The highest BCUT2D eigenvalue weighted by Gasteiger charge is 2.21. The molecule has 0 aliphatic heterocycles. The standard InChI is InChI=1S/C47H49N3O5S2/c1-6-49(31-35-11-9-13-43(29-35)56-51)40-21-25-45(33(4)27-40)47(37-15-17-38(18-16-37)48-39-19-23-42(24-20-39)55-8-3)46-26-22-41(28-34(46)5)50(7-2)32-36-12-10-14-44(30-36)57(52,53)54/h9-30H,6-8,31-32H2,1-5H3,(H2,51,52,53,54)/p+1. The first-order chi connectivity index (χ1) is 27.5. The van der Waals surface area contributed by atoms with Gasteiger partial charge in [-0.3, -0.25) is 4.55 Å². The van der Waals surface area contributed by atoms with Crippen LogP contribution >= 0.6 is 12.0 Å². The number of allylic oxidation sites excluding steroid dienone is 5. The molecule has 10 heteroatoms. The average molecular weight is 801 g/mol. The number of aryl methyl sites for hydroxylation is 1. The van der Waals surface area contributed by atoms with Crippen LogP contribution < -0.4 is 15.0 Å². The predicted molar refractivity (Wildman–Crippen MR) is 235 cm³/mol. The molecule has 0 saturated heterocycles. The van der Waals surface area contributed by atoms with Crippen LogP contribution in [0.15, 0.2) is 154 Å². The molecule has 0 saturated carbocycles. The van der Waals surface area contributed by atoms with Crippen molar-refractivity contribution in [3.05, 3.63) is 172 Å². The van der Waals surface area contributed by atoms with E-state index in [2.05, 4.69) is 109 Å². The minimum absolute atomic E-state index is 0.110. The third-order valence-electron chi connectivity index (χ3n) is 10.0. The van der Waals surface area contributed by atoms with Crippen molar-refractivity contribution in [3.8, 4) is 5.75 Å². The van der Waals surface area contributed by atoms with E-state index in [4.69, 9.17) is 4.74 Å². The van der Waals surface area contributed by atoms with Gasteiger partial charge < -0.3 is 19.5 Å². The number of ether oxygens (including phenoxy) is 1. The van der Waals surface area contributed by atoms with Crippen LogP contribution in [0.1, 0.15) is 55.5 Å². The van der Waals surface area contributed by atoms with Crippen molar-refractivity contribution in [1.82, 2.24) is 0 Å². The predicted octanol–water partition coefficient (Wildman–Crippen LogP) is 11.0. The van der Waals surface area contributed by atoms with Gasteiger partial charge in [0.25, 0.3) is 10.1 Å². The molecule has 294 valence electrons. The van der Waals surface area contributed by atoms with Gasteiger partial charge in [-0.15, -0.1) is 0 Å². The number of hydrogen-bond donors (Lipinski definition) is 3. The lowest BCUT2D eigenvalue weighted by atomic mass is 9.85. The molecule has 0 atom stereocenters. The molecular weight excluding hydrogens is 751 g/mol. The summed E-state index contributed by atoms with van der Waals surface area (Å²) in [5, 5.41) is 3.51. The van der Waals surface area contributed by atoms with Gasteiger partial charge in [0, 0.05) is 64.8 Å². The number of benzene rings is 5. The summed E-state index contributed by atoms with van der Waals surface area (Å²) < 4.78 is 50.7. The van der Waals surface area contributed by atoms with E-state index in [0.29, 0.717) is 19.7 Å². The highest BCUT2D eigenvalue weighted by molar-refractivity contribution is 7.93. The minimum atomic E-state index is -4.30. The van der Waals surface area contributed by atoms with Crippen molar-refractivity contribution in [2.45, 2.75) is 57.5 Å². The molecular formula is C47H50N3O5S2+. The third kappa shape index (κ3) is 10.3. The fourth-order valence-corrected chi connectivity index (χ4v) is 8.01. The third-order valence-corrected chi connectivity index (χ3v) is 11.3. The van der Waals surface area contributed by atoms with Crippen LogP contribution in [0.3, 0.4) is 0 Å². The van der Waals surface area contributed by atoms with E-state index >= 15 is 0 Å². The lowest BCUT2D eigenvalue weighted by molar-refractivity contribution is -0.539. The summed E-state index contributed by atoms with van der Waals surface area (Å²) in [6.45, 7) is 13.9. The zero-order chi connectivity index (χ0) is 40.5. The molecule has 0 aromatic heterocycles. The van der Waals surface area contributed by atoms with E-state index in [1.54, 1.807) is 6.07 Å². The van der Waals surface area contributed by atoms with Crippen LogP contribution in [0.2, 0.25) is 0 Å². The second kappa shape index (κ2) is 18.7. The molecule has 0 amide bonds. The van der Waals surface area contributed by atoms with E-state index < -0.39 is 10.1 Å². The van der Waals surface area contributed by atoms with Crippen molar-refractivity contribution in [2.75, 3.05) is 29.9 Å². The topological polar surface area (TPSA) is 102 Å². The van der Waals surface area contributed by atoms with E-state index in [1.165, 1.54) is 12.1 Å². The molecule has 6 rings (SSSR count). The van der Waals surface area contributed by atoms with Gasteiger partial charge in [-0.05, 0) is 152 Å². The molecule has 57 heavy (non-hydrogen) atoms. The SMILES string of the molecule is CCOc1ccc(Nc2ccc(/C(=C3/C=CC(=[N+](CC)Cc4cccc(S(=O)(=O)O)c4)C=C3C)c3ccc(N(CC)Cc4cccc(SO)c4)cc3C)cc2)cc1. The van der Waals surface area contributed by atoms with Gasteiger partial charge in [0.2, 0.25) is 0 Å². The second-order valence-corrected chi connectivity index (χ2v) is 16.0. The molecule has 0 unspecified atom stereocenters. The first-order valence-corrected chi connectivity index (χ1v) is 21.4. The van der Waals surface area contributed by atoms with Gasteiger partial charge in [-0.1, -0.05) is 42.5 Å². The Kier molecular flexibility index (Phi) is 13.5. The molecule has 5 aromatic rings. The summed E-state index contributed by atoms with van der Waals surface area (Å²) in [6.07, 6.45) is 6.50. The molecule has 5 aromatic carbocycles. The summed E-state index contributed by atoms with van der Waals surface area (Å²) in [4.78, 5) is 3.05. The average Bonchev–Trinajstić information content (AvgIpc) is 3.21. The number of anilines is 3. The van der Waals surface area contributed by atoms with Gasteiger partial charge in [0.05, 0.1) is 11.5 Å². The largest absolute Gasteiger partial charge is 0.494 e. The first kappa shape index (κ1) is 41.2. The lowest BCUT2D eigenvalue weighted by Crippen LogP contribution is -2.22. The van der Waals surface area contributed by atoms with Crippen LogP contribution in [0.4, 0.5) is 17.1 Å². The van der Waals surface area contributed by atoms with E-state index in [-0.39, 0.29) is 4.90 Å². The van der Waals surface area contributed by atoms with Crippen LogP contribution in [0, 0.1) is 6.92 Å². The van der Waals surface area contributed by atoms with Gasteiger partial charge in [-0.25, -0.2) is 4.58 Å². The summed E-state index contributed by atoms with van der Waals surface area (Å²) in [5.41, 5.74) is 12.7. The van der Waals surface area contributed by atoms with E-state index in [9.17, 15) is 17.5 Å². The molecule has 0 bridgehead atoms. The van der Waals surface area contributed by atoms with E-state index in [1.807, 2.05) is 55.5 Å². The smallest absolute Gasteiger partial charge is 0.294 e. The first-order valence-electron chi connectivity index (χ1n) is 19.2. The lowest BCUT2D eigenvalue weighted by Gasteiger charge is -2.25. The van der Waals surface area contributed by atoms with Crippen molar-refractivity contribution in [1.29, 1.82) is 0 Å². The molecule has 0 fully saturated rings. The highest BCUT2D eigenvalue weighted by atomic mass is 32.2. The van der Waals surface area contributed by atoms with Crippen LogP contribution in [-0.2, 0) is 23.2 Å². The number of nitrogens with one attached hydrogen (secondary N) is 1. The maximum Gasteiger partial charge on any atom is 0.294 e.